The highest BCUT2D eigenvalue weighted by atomic mass is 16.1. The third-order valence-electron chi connectivity index (χ3n) is 5.23. The molecule has 0 bridgehead atoms. The summed E-state index contributed by atoms with van der Waals surface area (Å²) in [5.41, 5.74) is 1.08. The van der Waals surface area contributed by atoms with Crippen LogP contribution in [0.5, 0.6) is 0 Å². The zero-order valence-electron chi connectivity index (χ0n) is 14.8. The topological polar surface area (TPSA) is 70.2 Å². The van der Waals surface area contributed by atoms with E-state index < -0.39 is 0 Å². The van der Waals surface area contributed by atoms with E-state index in [1.54, 1.807) is 6.33 Å². The normalized spacial score (nSPS) is 25.5. The van der Waals surface area contributed by atoms with Crippen LogP contribution in [-0.2, 0) is 11.2 Å². The molecule has 3 heterocycles. The van der Waals surface area contributed by atoms with Crippen LogP contribution in [-0.4, -0.2) is 47.6 Å². The third-order valence-corrected chi connectivity index (χ3v) is 5.23. The average molecular weight is 331 g/mol. The summed E-state index contributed by atoms with van der Waals surface area (Å²) in [5, 5.41) is 6.68. The van der Waals surface area contributed by atoms with Gasteiger partial charge in [-0.3, -0.25) is 4.79 Å². The maximum absolute atomic E-state index is 12.5. The molecule has 0 saturated carbocycles. The maximum atomic E-state index is 12.5. The number of amides is 1. The molecule has 1 aromatic heterocycles. The fourth-order valence-corrected chi connectivity index (χ4v) is 3.69. The molecule has 24 heavy (non-hydrogen) atoms. The molecule has 2 fully saturated rings. The molecule has 1 aromatic rings. The van der Waals surface area contributed by atoms with Crippen molar-refractivity contribution in [2.75, 3.05) is 24.5 Å². The highest BCUT2D eigenvalue weighted by Crippen LogP contribution is 2.20. The van der Waals surface area contributed by atoms with Gasteiger partial charge in [0.1, 0.15) is 12.1 Å². The first-order chi connectivity index (χ1) is 11.7. The summed E-state index contributed by atoms with van der Waals surface area (Å²) in [6, 6.07) is 2.82. The fraction of sp³-hybridized carbons (Fsp3) is 0.722. The molecule has 0 aliphatic carbocycles. The summed E-state index contributed by atoms with van der Waals surface area (Å²) in [4.78, 5) is 23.4. The zero-order chi connectivity index (χ0) is 16.9. The summed E-state index contributed by atoms with van der Waals surface area (Å²) in [5.74, 6) is 1.43. The van der Waals surface area contributed by atoms with E-state index in [2.05, 4.69) is 45.4 Å². The molecular formula is C18H29N5O. The molecule has 2 saturated heterocycles. The quantitative estimate of drug-likeness (QED) is 0.875. The van der Waals surface area contributed by atoms with E-state index >= 15 is 0 Å². The van der Waals surface area contributed by atoms with Crippen molar-refractivity contribution in [2.45, 2.75) is 58.0 Å². The van der Waals surface area contributed by atoms with Gasteiger partial charge >= 0.3 is 0 Å². The number of carbonyl (C=O) groups is 1. The van der Waals surface area contributed by atoms with Gasteiger partial charge in [0.25, 0.3) is 0 Å². The Morgan fingerprint density at radius 1 is 1.33 bits per heavy atom. The Morgan fingerprint density at radius 2 is 2.12 bits per heavy atom. The molecule has 1 amide bonds. The molecule has 132 valence electrons. The molecule has 2 atom stereocenters. The number of aryl methyl sites for hydroxylation is 1. The molecule has 0 spiro atoms. The Bertz CT molecular complexity index is 556. The monoisotopic (exact) mass is 331 g/mol. The Morgan fingerprint density at radius 3 is 2.83 bits per heavy atom. The van der Waals surface area contributed by atoms with Crippen molar-refractivity contribution in [1.29, 1.82) is 0 Å². The first kappa shape index (κ1) is 17.1. The van der Waals surface area contributed by atoms with Crippen molar-refractivity contribution in [1.82, 2.24) is 20.6 Å². The van der Waals surface area contributed by atoms with E-state index in [4.69, 9.17) is 0 Å². The Labute approximate surface area is 144 Å². The van der Waals surface area contributed by atoms with Crippen molar-refractivity contribution in [2.24, 2.45) is 5.92 Å². The molecule has 2 N–H and O–H groups in total. The van der Waals surface area contributed by atoms with E-state index in [1.165, 1.54) is 0 Å². The highest BCUT2D eigenvalue weighted by molar-refractivity contribution is 5.79. The lowest BCUT2D eigenvalue weighted by Crippen LogP contribution is -2.49. The van der Waals surface area contributed by atoms with E-state index in [0.717, 1.165) is 63.3 Å². The number of piperidine rings is 2. The van der Waals surface area contributed by atoms with Crippen LogP contribution in [0.3, 0.4) is 0 Å². The first-order valence-electron chi connectivity index (χ1n) is 9.25. The summed E-state index contributed by atoms with van der Waals surface area (Å²) in [6.07, 6.45) is 6.45. The number of nitrogens with one attached hydrogen (secondary N) is 2. The number of nitrogens with zero attached hydrogens (tertiary/aromatic N) is 3. The van der Waals surface area contributed by atoms with E-state index in [1.807, 2.05) is 0 Å². The molecule has 0 unspecified atom stereocenters. The van der Waals surface area contributed by atoms with Gasteiger partial charge in [-0.1, -0.05) is 6.92 Å². The zero-order valence-corrected chi connectivity index (χ0v) is 14.8. The second-order valence-electron chi connectivity index (χ2n) is 7.07. The predicted octanol–water partition coefficient (Wildman–Crippen LogP) is 1.51. The number of aromatic nitrogens is 2. The molecule has 3 rings (SSSR count). The summed E-state index contributed by atoms with van der Waals surface area (Å²) in [6.45, 7) is 7.09. The van der Waals surface area contributed by atoms with Crippen molar-refractivity contribution in [3.05, 3.63) is 18.1 Å². The van der Waals surface area contributed by atoms with Gasteiger partial charge in [-0.25, -0.2) is 9.97 Å². The molecule has 6 nitrogen and oxygen atoms in total. The number of hydrogen-bond acceptors (Lipinski definition) is 5. The largest absolute Gasteiger partial charge is 0.356 e. The van der Waals surface area contributed by atoms with Crippen LogP contribution in [0.15, 0.2) is 12.4 Å². The van der Waals surface area contributed by atoms with Crippen LogP contribution in [0.4, 0.5) is 5.82 Å². The van der Waals surface area contributed by atoms with Crippen LogP contribution >= 0.6 is 0 Å². The van der Waals surface area contributed by atoms with Crippen molar-refractivity contribution in [3.8, 4) is 0 Å². The SMILES string of the molecule is CCc1cc(N2CCC(NC(=O)[C@H]3CCN[C@@H](C)C3)CC2)ncn1. The Hall–Kier alpha value is -1.69. The lowest BCUT2D eigenvalue weighted by molar-refractivity contribution is -0.126. The minimum atomic E-state index is 0.174. The fourth-order valence-electron chi connectivity index (χ4n) is 3.69. The van der Waals surface area contributed by atoms with Gasteiger partial charge in [0.15, 0.2) is 0 Å². The molecular weight excluding hydrogens is 302 g/mol. The van der Waals surface area contributed by atoms with Gasteiger partial charge in [0.05, 0.1) is 0 Å². The van der Waals surface area contributed by atoms with Gasteiger partial charge < -0.3 is 15.5 Å². The number of hydrogen-bond donors (Lipinski definition) is 2. The van der Waals surface area contributed by atoms with E-state index in [9.17, 15) is 4.79 Å². The third kappa shape index (κ3) is 4.23. The minimum absolute atomic E-state index is 0.174. The average Bonchev–Trinajstić information content (AvgIpc) is 2.62. The number of anilines is 1. The van der Waals surface area contributed by atoms with Crippen molar-refractivity contribution in [3.63, 3.8) is 0 Å². The Balaban J connectivity index is 1.49. The summed E-state index contributed by atoms with van der Waals surface area (Å²) in [7, 11) is 0. The smallest absolute Gasteiger partial charge is 0.223 e. The molecule has 6 heteroatoms. The van der Waals surface area contributed by atoms with Crippen LogP contribution < -0.4 is 15.5 Å². The second kappa shape index (κ2) is 7.92. The van der Waals surface area contributed by atoms with Crippen LogP contribution in [0.25, 0.3) is 0 Å². The second-order valence-corrected chi connectivity index (χ2v) is 7.07. The minimum Gasteiger partial charge on any atom is -0.356 e. The van der Waals surface area contributed by atoms with Gasteiger partial charge in [-0.05, 0) is 45.6 Å². The maximum Gasteiger partial charge on any atom is 0.223 e. The van der Waals surface area contributed by atoms with Gasteiger partial charge in [0, 0.05) is 42.9 Å². The lowest BCUT2D eigenvalue weighted by Gasteiger charge is -2.34. The molecule has 0 aromatic carbocycles. The van der Waals surface area contributed by atoms with Crippen LogP contribution in [0, 0.1) is 5.92 Å². The van der Waals surface area contributed by atoms with Gasteiger partial charge in [-0.2, -0.15) is 0 Å². The van der Waals surface area contributed by atoms with Gasteiger partial charge in [0.2, 0.25) is 5.91 Å². The summed E-state index contributed by atoms with van der Waals surface area (Å²) >= 11 is 0. The first-order valence-corrected chi connectivity index (χ1v) is 9.25. The standard InChI is InChI=1S/C18H29N5O/c1-3-15-11-17(21-12-20-15)23-8-5-16(6-9-23)22-18(24)14-4-7-19-13(2)10-14/h11-14,16,19H,3-10H2,1-2H3,(H,22,24)/t13-,14-/m0/s1. The number of carbonyl (C=O) groups excluding carboxylic acids is 1. The van der Waals surface area contributed by atoms with Gasteiger partial charge in [-0.15, -0.1) is 0 Å². The molecule has 2 aliphatic heterocycles. The Kier molecular flexibility index (Phi) is 5.66. The van der Waals surface area contributed by atoms with Crippen molar-refractivity contribution >= 4 is 11.7 Å². The van der Waals surface area contributed by atoms with Crippen molar-refractivity contribution < 1.29 is 4.79 Å². The van der Waals surface area contributed by atoms with E-state index in [-0.39, 0.29) is 11.8 Å². The predicted molar refractivity (Wildman–Crippen MR) is 95.0 cm³/mol. The molecule has 0 radical (unpaired) electrons. The summed E-state index contributed by atoms with van der Waals surface area (Å²) < 4.78 is 0. The lowest BCUT2D eigenvalue weighted by atomic mass is 9.92. The number of rotatable bonds is 4. The van der Waals surface area contributed by atoms with E-state index in [0.29, 0.717) is 12.1 Å². The van der Waals surface area contributed by atoms with Crippen LogP contribution in [0.1, 0.15) is 45.2 Å². The highest BCUT2D eigenvalue weighted by Gasteiger charge is 2.28. The molecule has 2 aliphatic rings. The van der Waals surface area contributed by atoms with Crippen LogP contribution in [0.2, 0.25) is 0 Å².